The molecule has 3 nitrogen and oxygen atoms in total. The number of alkyl halides is 1. The molecule has 1 aliphatic rings. The minimum Gasteiger partial charge on any atom is -0.367 e. The van der Waals surface area contributed by atoms with E-state index in [9.17, 15) is 4.79 Å². The van der Waals surface area contributed by atoms with Crippen molar-refractivity contribution in [3.05, 3.63) is 0 Å². The number of hydrogen-bond acceptors (Lipinski definition) is 3. The molecule has 0 aromatic carbocycles. The van der Waals surface area contributed by atoms with Crippen molar-refractivity contribution >= 4 is 28.6 Å². The molecule has 0 spiro atoms. The molecule has 0 aromatic heterocycles. The van der Waals surface area contributed by atoms with Gasteiger partial charge in [-0.2, -0.15) is 0 Å². The standard InChI is InChI=1S/C10H18INO2/c1-10(2,3)9(13)14-12-6-4-5-8(11)7-12/h8H,4-7H2,1-3H3. The van der Waals surface area contributed by atoms with Gasteiger partial charge in [-0.1, -0.05) is 22.6 Å². The molecule has 1 unspecified atom stereocenters. The number of carbonyl (C=O) groups excluding carboxylic acids is 1. The minimum absolute atomic E-state index is 0.136. The first-order chi connectivity index (χ1) is 6.39. The largest absolute Gasteiger partial charge is 0.367 e. The smallest absolute Gasteiger partial charge is 0.330 e. The monoisotopic (exact) mass is 311 g/mol. The van der Waals surface area contributed by atoms with E-state index in [1.54, 1.807) is 5.06 Å². The minimum atomic E-state index is -0.405. The highest BCUT2D eigenvalue weighted by Gasteiger charge is 2.28. The summed E-state index contributed by atoms with van der Waals surface area (Å²) in [6.07, 6.45) is 2.34. The van der Waals surface area contributed by atoms with Gasteiger partial charge in [0.05, 0.1) is 5.41 Å². The molecule has 1 fully saturated rings. The summed E-state index contributed by atoms with van der Waals surface area (Å²) in [5.41, 5.74) is -0.405. The summed E-state index contributed by atoms with van der Waals surface area (Å²) in [6, 6.07) is 0. The van der Waals surface area contributed by atoms with Gasteiger partial charge in [0.2, 0.25) is 0 Å². The van der Waals surface area contributed by atoms with E-state index >= 15 is 0 Å². The van der Waals surface area contributed by atoms with Crippen LogP contribution in [0.2, 0.25) is 0 Å². The third kappa shape index (κ3) is 3.73. The van der Waals surface area contributed by atoms with Crippen molar-refractivity contribution in [2.75, 3.05) is 13.1 Å². The molecular formula is C10H18INO2. The van der Waals surface area contributed by atoms with Crippen LogP contribution in [0.4, 0.5) is 0 Å². The van der Waals surface area contributed by atoms with E-state index in [0.717, 1.165) is 19.5 Å². The van der Waals surface area contributed by atoms with Crippen molar-refractivity contribution in [1.82, 2.24) is 5.06 Å². The van der Waals surface area contributed by atoms with Gasteiger partial charge >= 0.3 is 5.97 Å². The summed E-state index contributed by atoms with van der Waals surface area (Å²) in [5.74, 6) is -0.136. The fraction of sp³-hybridized carbons (Fsp3) is 0.900. The lowest BCUT2D eigenvalue weighted by Crippen LogP contribution is -2.40. The predicted octanol–water partition coefficient (Wildman–Crippen LogP) is 2.39. The highest BCUT2D eigenvalue weighted by atomic mass is 127. The Morgan fingerprint density at radius 1 is 1.50 bits per heavy atom. The lowest BCUT2D eigenvalue weighted by molar-refractivity contribution is -0.203. The van der Waals surface area contributed by atoms with Crippen molar-refractivity contribution in [3.8, 4) is 0 Å². The molecule has 0 N–H and O–H groups in total. The van der Waals surface area contributed by atoms with Crippen molar-refractivity contribution in [1.29, 1.82) is 0 Å². The number of halogens is 1. The van der Waals surface area contributed by atoms with Gasteiger partial charge in [0.1, 0.15) is 0 Å². The maximum Gasteiger partial charge on any atom is 0.330 e. The van der Waals surface area contributed by atoms with Crippen molar-refractivity contribution in [3.63, 3.8) is 0 Å². The van der Waals surface area contributed by atoms with Crippen LogP contribution in [-0.2, 0) is 9.63 Å². The summed E-state index contributed by atoms with van der Waals surface area (Å²) in [5, 5.41) is 1.80. The van der Waals surface area contributed by atoms with Crippen LogP contribution in [0.25, 0.3) is 0 Å². The van der Waals surface area contributed by atoms with E-state index in [0.29, 0.717) is 3.92 Å². The molecule has 0 aliphatic carbocycles. The Labute approximate surface area is 99.3 Å². The normalized spacial score (nSPS) is 24.7. The number of piperidine rings is 1. The molecule has 0 bridgehead atoms. The lowest BCUT2D eigenvalue weighted by atomic mass is 9.98. The fourth-order valence-corrected chi connectivity index (χ4v) is 2.11. The molecule has 4 heteroatoms. The number of hydrogen-bond donors (Lipinski definition) is 0. The number of carbonyl (C=O) groups is 1. The molecule has 1 saturated heterocycles. The Kier molecular flexibility index (Phi) is 4.18. The van der Waals surface area contributed by atoms with Gasteiger partial charge in [-0.15, -0.1) is 5.06 Å². The maximum atomic E-state index is 11.6. The molecular weight excluding hydrogens is 293 g/mol. The molecule has 0 amide bonds. The zero-order chi connectivity index (χ0) is 10.8. The van der Waals surface area contributed by atoms with Crippen LogP contribution in [0.3, 0.4) is 0 Å². The summed E-state index contributed by atoms with van der Waals surface area (Å²) >= 11 is 2.41. The Balaban J connectivity index is 2.40. The van der Waals surface area contributed by atoms with Gasteiger partial charge in [-0.05, 0) is 33.6 Å². The van der Waals surface area contributed by atoms with E-state index < -0.39 is 5.41 Å². The first-order valence-electron chi connectivity index (χ1n) is 5.01. The van der Waals surface area contributed by atoms with Crippen molar-refractivity contribution in [2.24, 2.45) is 5.41 Å². The molecule has 14 heavy (non-hydrogen) atoms. The average Bonchev–Trinajstić information content (AvgIpc) is 2.02. The van der Waals surface area contributed by atoms with Gasteiger partial charge in [0.25, 0.3) is 0 Å². The van der Waals surface area contributed by atoms with E-state index in [4.69, 9.17) is 4.84 Å². The quantitative estimate of drug-likeness (QED) is 0.550. The first kappa shape index (κ1) is 12.2. The average molecular weight is 311 g/mol. The van der Waals surface area contributed by atoms with Gasteiger partial charge in [0, 0.05) is 17.0 Å². The van der Waals surface area contributed by atoms with Crippen LogP contribution < -0.4 is 0 Å². The van der Waals surface area contributed by atoms with E-state index in [2.05, 4.69) is 22.6 Å². The van der Waals surface area contributed by atoms with E-state index in [1.165, 1.54) is 6.42 Å². The van der Waals surface area contributed by atoms with Gasteiger partial charge in [-0.3, -0.25) is 0 Å². The molecule has 1 rings (SSSR count). The third-order valence-corrected chi connectivity index (χ3v) is 3.17. The second-order valence-electron chi connectivity index (χ2n) is 4.76. The Bertz CT molecular complexity index is 213. The first-order valence-corrected chi connectivity index (χ1v) is 6.25. The SMILES string of the molecule is CC(C)(C)C(=O)ON1CCCC(I)C1. The highest BCUT2D eigenvalue weighted by Crippen LogP contribution is 2.21. The molecule has 0 radical (unpaired) electrons. The zero-order valence-corrected chi connectivity index (χ0v) is 11.2. The second-order valence-corrected chi connectivity index (χ2v) is 6.52. The molecule has 1 aliphatic heterocycles. The van der Waals surface area contributed by atoms with Gasteiger partial charge in [0.15, 0.2) is 0 Å². The molecule has 1 atom stereocenters. The Morgan fingerprint density at radius 3 is 2.64 bits per heavy atom. The van der Waals surface area contributed by atoms with Gasteiger partial charge in [-0.25, -0.2) is 4.79 Å². The van der Waals surface area contributed by atoms with Crippen LogP contribution in [0.1, 0.15) is 33.6 Å². The molecule has 0 saturated carbocycles. The topological polar surface area (TPSA) is 29.5 Å². The Hall–Kier alpha value is 0.160. The predicted molar refractivity (Wildman–Crippen MR) is 64.2 cm³/mol. The molecule has 1 heterocycles. The fourth-order valence-electron chi connectivity index (χ4n) is 1.23. The van der Waals surface area contributed by atoms with Crippen LogP contribution in [-0.4, -0.2) is 28.0 Å². The van der Waals surface area contributed by atoms with Crippen LogP contribution in [0, 0.1) is 5.41 Å². The van der Waals surface area contributed by atoms with Crippen molar-refractivity contribution in [2.45, 2.75) is 37.5 Å². The summed E-state index contributed by atoms with van der Waals surface area (Å²) in [6.45, 7) is 7.37. The number of hydroxylamine groups is 2. The maximum absolute atomic E-state index is 11.6. The zero-order valence-electron chi connectivity index (χ0n) is 9.05. The second kappa shape index (κ2) is 4.79. The van der Waals surface area contributed by atoms with Crippen LogP contribution >= 0.6 is 22.6 Å². The summed E-state index contributed by atoms with van der Waals surface area (Å²) < 4.78 is 0.606. The molecule has 0 aromatic rings. The van der Waals surface area contributed by atoms with Gasteiger partial charge < -0.3 is 4.84 Å². The third-order valence-electron chi connectivity index (χ3n) is 2.15. The van der Waals surface area contributed by atoms with E-state index in [1.807, 2.05) is 20.8 Å². The van der Waals surface area contributed by atoms with Crippen LogP contribution in [0.15, 0.2) is 0 Å². The lowest BCUT2D eigenvalue weighted by Gasteiger charge is -2.30. The number of nitrogens with zero attached hydrogens (tertiary/aromatic N) is 1. The number of rotatable bonds is 1. The molecule has 82 valence electrons. The summed E-state index contributed by atoms with van der Waals surface area (Å²) in [4.78, 5) is 16.9. The van der Waals surface area contributed by atoms with Crippen LogP contribution in [0.5, 0.6) is 0 Å². The highest BCUT2D eigenvalue weighted by molar-refractivity contribution is 14.1. The summed E-state index contributed by atoms with van der Waals surface area (Å²) in [7, 11) is 0. The van der Waals surface area contributed by atoms with Crippen molar-refractivity contribution < 1.29 is 9.63 Å². The van der Waals surface area contributed by atoms with E-state index in [-0.39, 0.29) is 5.97 Å². The Morgan fingerprint density at radius 2 is 2.14 bits per heavy atom.